The number of fused-ring (bicyclic) bond motifs is 2. The summed E-state index contributed by atoms with van der Waals surface area (Å²) in [6.07, 6.45) is 9.25. The van der Waals surface area contributed by atoms with Crippen LogP contribution in [0.15, 0.2) is 30.5 Å². The first-order valence-electron chi connectivity index (χ1n) is 14.4. The first-order valence-corrected chi connectivity index (χ1v) is 14.4. The van der Waals surface area contributed by atoms with Gasteiger partial charge in [0.25, 0.3) is 0 Å². The van der Waals surface area contributed by atoms with Crippen LogP contribution in [0.3, 0.4) is 0 Å². The Morgan fingerprint density at radius 2 is 1.85 bits per heavy atom. The van der Waals surface area contributed by atoms with E-state index in [-0.39, 0.29) is 17.6 Å². The summed E-state index contributed by atoms with van der Waals surface area (Å²) in [6, 6.07) is 11.0. The van der Waals surface area contributed by atoms with Crippen molar-refractivity contribution in [1.82, 2.24) is 15.3 Å². The van der Waals surface area contributed by atoms with Crippen molar-refractivity contribution in [3.05, 3.63) is 47.2 Å². The largest absolute Gasteiger partial charge is 0.444 e. The highest BCUT2D eigenvalue weighted by Gasteiger charge is 2.46. The summed E-state index contributed by atoms with van der Waals surface area (Å²) in [5.41, 5.74) is 2.67. The van der Waals surface area contributed by atoms with Crippen LogP contribution in [0.5, 0.6) is 0 Å². The van der Waals surface area contributed by atoms with Gasteiger partial charge in [0.05, 0.1) is 6.20 Å². The standard InChI is InChI=1S/C31H42N6O2/c1-30(2,3)39-29(38)36-26-21-9-7-10-22(26)15-31(4,14-21)19-35-27-24(16-32)18-34-28(37-27)33-17-23-8-5-6-11-25(23)20-12-13-20/h5-6,8,11,18,20-22,26H,7,9-10,12-15,17,19H2,1-4H3,(H,36,38)(H2,33,34,35,37)/t21-,22+,26?,31?. The topological polar surface area (TPSA) is 112 Å². The number of ether oxygens (including phenoxy) is 1. The van der Waals surface area contributed by atoms with Gasteiger partial charge in [-0.05, 0) is 93.6 Å². The van der Waals surface area contributed by atoms with E-state index in [9.17, 15) is 10.1 Å². The summed E-state index contributed by atoms with van der Waals surface area (Å²) in [5.74, 6) is 2.61. The van der Waals surface area contributed by atoms with Gasteiger partial charge in [-0.25, -0.2) is 9.78 Å². The second kappa shape index (κ2) is 11.0. The lowest BCUT2D eigenvalue weighted by Crippen LogP contribution is -2.55. The number of rotatable bonds is 8. The molecule has 3 aliphatic rings. The van der Waals surface area contributed by atoms with E-state index in [4.69, 9.17) is 9.72 Å². The number of alkyl carbamates (subject to hydrolysis) is 1. The zero-order valence-electron chi connectivity index (χ0n) is 23.7. The molecule has 2 aromatic rings. The molecule has 3 saturated carbocycles. The number of carbonyl (C=O) groups excluding carboxylic acids is 1. The van der Waals surface area contributed by atoms with Crippen molar-refractivity contribution in [2.45, 2.75) is 96.7 Å². The SMILES string of the molecule is CC1(CNc2nc(NCc3ccccc3C3CC3)ncc2C#N)C[C@H]2CCC[C@@H](C1)C2NC(=O)OC(C)(C)C. The highest BCUT2D eigenvalue weighted by Crippen LogP contribution is 2.49. The van der Waals surface area contributed by atoms with Crippen LogP contribution >= 0.6 is 0 Å². The zero-order chi connectivity index (χ0) is 27.6. The molecule has 4 atom stereocenters. The van der Waals surface area contributed by atoms with Gasteiger partial charge in [0.15, 0.2) is 0 Å². The summed E-state index contributed by atoms with van der Waals surface area (Å²) < 4.78 is 5.56. The van der Waals surface area contributed by atoms with Crippen LogP contribution in [0.25, 0.3) is 0 Å². The van der Waals surface area contributed by atoms with Crippen molar-refractivity contribution in [3.63, 3.8) is 0 Å². The molecule has 1 aromatic carbocycles. The van der Waals surface area contributed by atoms with Gasteiger partial charge in [0, 0.05) is 19.1 Å². The minimum absolute atomic E-state index is 0.0380. The van der Waals surface area contributed by atoms with Crippen LogP contribution in [0.4, 0.5) is 16.6 Å². The fourth-order valence-electron chi connectivity index (χ4n) is 6.66. The molecule has 8 nitrogen and oxygen atoms in total. The number of benzene rings is 1. The molecule has 0 aliphatic heterocycles. The number of nitriles is 1. The van der Waals surface area contributed by atoms with Gasteiger partial charge in [-0.2, -0.15) is 10.2 Å². The van der Waals surface area contributed by atoms with E-state index < -0.39 is 5.60 Å². The number of carbonyl (C=O) groups is 1. The molecule has 208 valence electrons. The number of nitrogens with zero attached hydrogens (tertiary/aromatic N) is 3. The lowest BCUT2D eigenvalue weighted by molar-refractivity contribution is 0.0155. The molecular formula is C31H42N6O2. The highest BCUT2D eigenvalue weighted by molar-refractivity contribution is 5.68. The summed E-state index contributed by atoms with van der Waals surface area (Å²) >= 11 is 0. The minimum Gasteiger partial charge on any atom is -0.444 e. The second-order valence-corrected chi connectivity index (χ2v) is 13.1. The van der Waals surface area contributed by atoms with Gasteiger partial charge in [-0.3, -0.25) is 0 Å². The van der Waals surface area contributed by atoms with Crippen molar-refractivity contribution in [2.24, 2.45) is 17.3 Å². The smallest absolute Gasteiger partial charge is 0.407 e. The van der Waals surface area contributed by atoms with Gasteiger partial charge < -0.3 is 20.7 Å². The fraction of sp³-hybridized carbons (Fsp3) is 0.613. The minimum atomic E-state index is -0.503. The van der Waals surface area contributed by atoms with Crippen molar-refractivity contribution in [1.29, 1.82) is 5.26 Å². The number of hydrogen-bond donors (Lipinski definition) is 3. The lowest BCUT2D eigenvalue weighted by atomic mass is 9.59. The average molecular weight is 531 g/mol. The monoisotopic (exact) mass is 530 g/mol. The maximum Gasteiger partial charge on any atom is 0.407 e. The van der Waals surface area contributed by atoms with E-state index in [2.05, 4.69) is 58.2 Å². The molecular weight excluding hydrogens is 488 g/mol. The van der Waals surface area contributed by atoms with Gasteiger partial charge >= 0.3 is 6.09 Å². The molecule has 3 fully saturated rings. The molecule has 3 aliphatic carbocycles. The summed E-state index contributed by atoms with van der Waals surface area (Å²) in [4.78, 5) is 21.6. The maximum atomic E-state index is 12.5. The van der Waals surface area contributed by atoms with Crippen molar-refractivity contribution >= 4 is 17.9 Å². The van der Waals surface area contributed by atoms with E-state index >= 15 is 0 Å². The summed E-state index contributed by atoms with van der Waals surface area (Å²) in [7, 11) is 0. The van der Waals surface area contributed by atoms with Crippen molar-refractivity contribution < 1.29 is 9.53 Å². The molecule has 8 heteroatoms. The summed E-state index contributed by atoms with van der Waals surface area (Å²) in [5, 5.41) is 19.8. The third-order valence-corrected chi connectivity index (χ3v) is 8.46. The normalized spacial score (nSPS) is 26.3. The molecule has 0 spiro atoms. The molecule has 2 bridgehead atoms. The van der Waals surface area contributed by atoms with Gasteiger partial charge in [0.1, 0.15) is 23.1 Å². The lowest BCUT2D eigenvalue weighted by Gasteiger charge is -2.50. The quantitative estimate of drug-likeness (QED) is 0.364. The first-order chi connectivity index (χ1) is 18.6. The van der Waals surface area contributed by atoms with Crippen LogP contribution < -0.4 is 16.0 Å². The Hall–Kier alpha value is -3.34. The molecule has 3 N–H and O–H groups in total. The van der Waals surface area contributed by atoms with E-state index in [1.807, 2.05) is 20.8 Å². The third kappa shape index (κ3) is 6.81. The molecule has 1 heterocycles. The maximum absolute atomic E-state index is 12.5. The predicted octanol–water partition coefficient (Wildman–Crippen LogP) is 6.36. The van der Waals surface area contributed by atoms with Crippen molar-refractivity contribution in [3.8, 4) is 6.07 Å². The second-order valence-electron chi connectivity index (χ2n) is 13.1. The Morgan fingerprint density at radius 3 is 2.51 bits per heavy atom. The first kappa shape index (κ1) is 27.2. The van der Waals surface area contributed by atoms with E-state index in [1.165, 1.54) is 30.4 Å². The Kier molecular flexibility index (Phi) is 7.70. The predicted molar refractivity (Wildman–Crippen MR) is 152 cm³/mol. The molecule has 0 saturated heterocycles. The van der Waals surface area contributed by atoms with Crippen LogP contribution in [0, 0.1) is 28.6 Å². The van der Waals surface area contributed by atoms with Crippen LogP contribution in [0.2, 0.25) is 0 Å². The third-order valence-electron chi connectivity index (χ3n) is 8.46. The molecule has 5 rings (SSSR count). The van der Waals surface area contributed by atoms with Crippen LogP contribution in [-0.4, -0.2) is 34.2 Å². The van der Waals surface area contributed by atoms with E-state index in [1.54, 1.807) is 6.20 Å². The summed E-state index contributed by atoms with van der Waals surface area (Å²) in [6.45, 7) is 9.38. The molecule has 2 unspecified atom stereocenters. The van der Waals surface area contributed by atoms with Crippen LogP contribution in [0.1, 0.15) is 95.2 Å². The van der Waals surface area contributed by atoms with Gasteiger partial charge in [-0.15, -0.1) is 0 Å². The van der Waals surface area contributed by atoms with Crippen LogP contribution in [-0.2, 0) is 11.3 Å². The Balaban J connectivity index is 1.22. The fourth-order valence-corrected chi connectivity index (χ4v) is 6.66. The molecule has 39 heavy (non-hydrogen) atoms. The Labute approximate surface area is 232 Å². The number of hydrogen-bond acceptors (Lipinski definition) is 7. The number of amides is 1. The Bertz CT molecular complexity index is 1210. The van der Waals surface area contributed by atoms with E-state index in [0.29, 0.717) is 41.6 Å². The molecule has 0 radical (unpaired) electrons. The van der Waals surface area contributed by atoms with Gasteiger partial charge in [0.2, 0.25) is 5.95 Å². The molecule has 1 amide bonds. The molecule has 1 aromatic heterocycles. The highest BCUT2D eigenvalue weighted by atomic mass is 16.6. The average Bonchev–Trinajstić information content (AvgIpc) is 3.72. The van der Waals surface area contributed by atoms with Crippen molar-refractivity contribution in [2.75, 3.05) is 17.2 Å². The number of anilines is 2. The zero-order valence-corrected chi connectivity index (χ0v) is 23.7. The Morgan fingerprint density at radius 1 is 1.13 bits per heavy atom. The van der Waals surface area contributed by atoms with E-state index in [0.717, 1.165) is 32.2 Å². The van der Waals surface area contributed by atoms with Gasteiger partial charge in [-0.1, -0.05) is 37.6 Å². The number of aromatic nitrogens is 2. The number of nitrogens with one attached hydrogen (secondary N) is 3.